The van der Waals surface area contributed by atoms with E-state index in [1.165, 1.54) is 17.9 Å². The lowest BCUT2D eigenvalue weighted by Gasteiger charge is -2.16. The van der Waals surface area contributed by atoms with E-state index in [0.717, 1.165) is 44.3 Å². The van der Waals surface area contributed by atoms with Gasteiger partial charge in [-0.3, -0.25) is 0 Å². The molecule has 2 rings (SSSR count). The van der Waals surface area contributed by atoms with Gasteiger partial charge in [0.1, 0.15) is 6.26 Å². The summed E-state index contributed by atoms with van der Waals surface area (Å²) in [5, 5.41) is 3.33. The molecule has 17 heavy (non-hydrogen) atoms. The highest BCUT2D eigenvalue weighted by Gasteiger charge is 2.14. The lowest BCUT2D eigenvalue weighted by molar-refractivity contribution is 0.535. The number of hydrogen-bond acceptors (Lipinski definition) is 5. The van der Waals surface area contributed by atoms with Crippen LogP contribution in [0.3, 0.4) is 0 Å². The molecule has 96 valence electrons. The number of nitrogens with zero attached hydrogens (tertiary/aromatic N) is 2. The summed E-state index contributed by atoms with van der Waals surface area (Å²) in [6.45, 7) is 6.11. The van der Waals surface area contributed by atoms with E-state index in [4.69, 9.17) is 4.42 Å². The summed E-state index contributed by atoms with van der Waals surface area (Å²) < 4.78 is 5.56. The lowest BCUT2D eigenvalue weighted by atomic mass is 10.4. The topological polar surface area (TPSA) is 41.3 Å². The van der Waals surface area contributed by atoms with Gasteiger partial charge in [0.15, 0.2) is 0 Å². The van der Waals surface area contributed by atoms with E-state index in [1.54, 1.807) is 6.26 Å². The van der Waals surface area contributed by atoms with Gasteiger partial charge in [-0.1, -0.05) is 6.92 Å². The molecule has 1 saturated heterocycles. The molecule has 1 fully saturated rings. The van der Waals surface area contributed by atoms with E-state index in [9.17, 15) is 0 Å². The Hall–Kier alpha value is -0.680. The van der Waals surface area contributed by atoms with E-state index < -0.39 is 0 Å². The van der Waals surface area contributed by atoms with Crippen molar-refractivity contribution in [2.75, 3.05) is 36.0 Å². The Bertz CT molecular complexity index is 321. The molecular formula is C12H21N3OS. The molecule has 0 aromatic carbocycles. The predicted octanol–water partition coefficient (Wildman–Crippen LogP) is 2.12. The summed E-state index contributed by atoms with van der Waals surface area (Å²) >= 11 is 2.01. The van der Waals surface area contributed by atoms with Crippen LogP contribution in [-0.4, -0.2) is 36.1 Å². The second kappa shape index (κ2) is 6.91. The van der Waals surface area contributed by atoms with Gasteiger partial charge < -0.3 is 14.6 Å². The van der Waals surface area contributed by atoms with Crippen LogP contribution in [0.4, 0.5) is 6.01 Å². The Morgan fingerprint density at radius 3 is 3.29 bits per heavy atom. The molecule has 0 spiro atoms. The third-order valence-electron chi connectivity index (χ3n) is 2.77. The van der Waals surface area contributed by atoms with Crippen LogP contribution in [-0.2, 0) is 6.54 Å². The van der Waals surface area contributed by atoms with Gasteiger partial charge >= 0.3 is 0 Å². The number of thioether (sulfide) groups is 1. The van der Waals surface area contributed by atoms with Crippen molar-refractivity contribution in [3.05, 3.63) is 12.0 Å². The minimum Gasteiger partial charge on any atom is -0.432 e. The van der Waals surface area contributed by atoms with Crippen LogP contribution in [0.2, 0.25) is 0 Å². The fourth-order valence-electron chi connectivity index (χ4n) is 1.85. The van der Waals surface area contributed by atoms with E-state index in [1.807, 2.05) is 11.8 Å². The molecule has 2 heterocycles. The van der Waals surface area contributed by atoms with Gasteiger partial charge in [0.2, 0.25) is 0 Å². The maximum atomic E-state index is 5.56. The van der Waals surface area contributed by atoms with Gasteiger partial charge in [-0.2, -0.15) is 16.7 Å². The highest BCUT2D eigenvalue weighted by molar-refractivity contribution is 7.99. The Morgan fingerprint density at radius 2 is 2.41 bits per heavy atom. The maximum Gasteiger partial charge on any atom is 0.297 e. The lowest BCUT2D eigenvalue weighted by Crippen LogP contribution is -2.25. The van der Waals surface area contributed by atoms with Crippen molar-refractivity contribution in [1.82, 2.24) is 10.3 Å². The van der Waals surface area contributed by atoms with E-state index in [-0.39, 0.29) is 0 Å². The van der Waals surface area contributed by atoms with Crippen LogP contribution >= 0.6 is 11.8 Å². The highest BCUT2D eigenvalue weighted by Crippen LogP contribution is 2.18. The minimum absolute atomic E-state index is 0.792. The van der Waals surface area contributed by atoms with Crippen molar-refractivity contribution >= 4 is 17.8 Å². The zero-order chi connectivity index (χ0) is 11.9. The fraction of sp³-hybridized carbons (Fsp3) is 0.750. The van der Waals surface area contributed by atoms with Crippen molar-refractivity contribution in [2.45, 2.75) is 26.3 Å². The third-order valence-corrected chi connectivity index (χ3v) is 3.81. The first kappa shape index (κ1) is 12.8. The Balaban J connectivity index is 1.87. The Morgan fingerprint density at radius 1 is 1.47 bits per heavy atom. The molecular weight excluding hydrogens is 234 g/mol. The molecule has 1 N–H and O–H groups in total. The largest absolute Gasteiger partial charge is 0.432 e. The maximum absolute atomic E-state index is 5.56. The summed E-state index contributed by atoms with van der Waals surface area (Å²) in [6, 6.07) is 0.792. The van der Waals surface area contributed by atoms with Crippen molar-refractivity contribution in [1.29, 1.82) is 0 Å². The first-order valence-electron chi connectivity index (χ1n) is 6.38. The monoisotopic (exact) mass is 255 g/mol. The fourth-order valence-corrected chi connectivity index (χ4v) is 2.74. The SMILES string of the molecule is CCCNCc1coc(N2CCCSCC2)n1. The summed E-state index contributed by atoms with van der Waals surface area (Å²) in [5.41, 5.74) is 1.00. The number of anilines is 1. The minimum atomic E-state index is 0.792. The molecule has 4 nitrogen and oxygen atoms in total. The van der Waals surface area contributed by atoms with Crippen LogP contribution in [0.15, 0.2) is 10.7 Å². The quantitative estimate of drug-likeness (QED) is 0.816. The average Bonchev–Trinajstić information content (AvgIpc) is 2.64. The zero-order valence-electron chi connectivity index (χ0n) is 10.4. The van der Waals surface area contributed by atoms with Crippen LogP contribution in [0.25, 0.3) is 0 Å². The standard InChI is InChI=1S/C12H21N3OS/c1-2-4-13-9-11-10-16-12(14-11)15-5-3-7-17-8-6-15/h10,13H,2-9H2,1H3. The predicted molar refractivity (Wildman–Crippen MR) is 72.7 cm³/mol. The smallest absolute Gasteiger partial charge is 0.297 e. The second-order valence-corrected chi connectivity index (χ2v) is 5.48. The van der Waals surface area contributed by atoms with Crippen LogP contribution in [0, 0.1) is 0 Å². The van der Waals surface area contributed by atoms with Crippen molar-refractivity contribution in [3.63, 3.8) is 0 Å². The molecule has 1 aromatic rings. The van der Waals surface area contributed by atoms with E-state index in [0.29, 0.717) is 0 Å². The Labute approximate surface area is 107 Å². The molecule has 0 atom stereocenters. The molecule has 1 aliphatic rings. The molecule has 5 heteroatoms. The van der Waals surface area contributed by atoms with E-state index >= 15 is 0 Å². The summed E-state index contributed by atoms with van der Waals surface area (Å²) in [7, 11) is 0. The van der Waals surface area contributed by atoms with Gasteiger partial charge in [-0.15, -0.1) is 0 Å². The third kappa shape index (κ3) is 3.92. The second-order valence-electron chi connectivity index (χ2n) is 4.25. The Kier molecular flexibility index (Phi) is 5.19. The molecule has 0 bridgehead atoms. The normalized spacial score (nSPS) is 17.1. The first-order chi connectivity index (χ1) is 8.40. The van der Waals surface area contributed by atoms with Gasteiger partial charge in [0.05, 0.1) is 5.69 Å². The molecule has 1 aromatic heterocycles. The molecule has 0 unspecified atom stereocenters. The number of nitrogens with one attached hydrogen (secondary N) is 1. The molecule has 0 aliphatic carbocycles. The first-order valence-corrected chi connectivity index (χ1v) is 7.53. The molecule has 0 amide bonds. The van der Waals surface area contributed by atoms with Gasteiger partial charge in [-0.05, 0) is 25.1 Å². The molecule has 1 aliphatic heterocycles. The highest BCUT2D eigenvalue weighted by atomic mass is 32.2. The summed E-state index contributed by atoms with van der Waals surface area (Å²) in [4.78, 5) is 6.79. The number of hydrogen-bond donors (Lipinski definition) is 1. The number of rotatable bonds is 5. The zero-order valence-corrected chi connectivity index (χ0v) is 11.3. The van der Waals surface area contributed by atoms with Crippen molar-refractivity contribution < 1.29 is 4.42 Å². The molecule has 0 radical (unpaired) electrons. The van der Waals surface area contributed by atoms with Gasteiger partial charge in [0, 0.05) is 25.4 Å². The average molecular weight is 255 g/mol. The summed E-state index contributed by atoms with van der Waals surface area (Å²) in [6.07, 6.45) is 4.14. The van der Waals surface area contributed by atoms with Gasteiger partial charge in [-0.25, -0.2) is 0 Å². The van der Waals surface area contributed by atoms with Crippen molar-refractivity contribution in [3.8, 4) is 0 Å². The van der Waals surface area contributed by atoms with Gasteiger partial charge in [0.25, 0.3) is 6.01 Å². The van der Waals surface area contributed by atoms with Crippen LogP contribution in [0.5, 0.6) is 0 Å². The molecule has 0 saturated carbocycles. The summed E-state index contributed by atoms with van der Waals surface area (Å²) in [5.74, 6) is 2.42. The van der Waals surface area contributed by atoms with E-state index in [2.05, 4.69) is 22.1 Å². The van der Waals surface area contributed by atoms with Crippen LogP contribution in [0.1, 0.15) is 25.5 Å². The number of aromatic nitrogens is 1. The number of oxazole rings is 1. The van der Waals surface area contributed by atoms with Crippen molar-refractivity contribution in [2.24, 2.45) is 0 Å². The van der Waals surface area contributed by atoms with Crippen LogP contribution < -0.4 is 10.2 Å².